The van der Waals surface area contributed by atoms with Crippen LogP contribution in [0.2, 0.25) is 0 Å². The Morgan fingerprint density at radius 1 is 1.46 bits per heavy atom. The van der Waals surface area contributed by atoms with E-state index in [1.807, 2.05) is 0 Å². The molecular weight excluding hydrogens is 171 g/mol. The van der Waals surface area contributed by atoms with Gasteiger partial charge in [0.25, 0.3) is 0 Å². The van der Waals surface area contributed by atoms with Crippen LogP contribution in [0.25, 0.3) is 0 Å². The fourth-order valence-corrected chi connectivity index (χ4v) is 1.38. The van der Waals surface area contributed by atoms with E-state index >= 15 is 0 Å². The number of hydrogen-bond donors (Lipinski definition) is 1. The smallest absolute Gasteiger partial charge is 0.146 e. The van der Waals surface area contributed by atoms with Gasteiger partial charge in [-0.15, -0.1) is 9.60 Å². The van der Waals surface area contributed by atoms with E-state index in [0.29, 0.717) is 25.5 Å². The Bertz CT molecular complexity index is 266. The number of aromatic nitrogens is 2. The van der Waals surface area contributed by atoms with Crippen molar-refractivity contribution in [2.75, 3.05) is 19.6 Å². The lowest BCUT2D eigenvalue weighted by molar-refractivity contribution is -0.00472. The van der Waals surface area contributed by atoms with Gasteiger partial charge in [-0.1, -0.05) is 0 Å². The Morgan fingerprint density at radius 3 is 2.92 bits per heavy atom. The van der Waals surface area contributed by atoms with Gasteiger partial charge in [-0.3, -0.25) is 0 Å². The van der Waals surface area contributed by atoms with Crippen LogP contribution in [0.15, 0.2) is 18.5 Å². The molecule has 0 aliphatic carbocycles. The van der Waals surface area contributed by atoms with E-state index in [1.54, 1.807) is 18.5 Å². The monoisotopic (exact) mass is 182 g/mol. The van der Waals surface area contributed by atoms with Crippen molar-refractivity contribution < 1.29 is 4.48 Å². The highest BCUT2D eigenvalue weighted by Crippen LogP contribution is 2.12. The summed E-state index contributed by atoms with van der Waals surface area (Å²) in [6.45, 7) is 1.40. The summed E-state index contributed by atoms with van der Waals surface area (Å²) in [5.74, 6) is 0.657. The SMILES string of the molecule is FN1CCNC(c2ncccn2)C1. The molecule has 1 N–H and O–H groups in total. The molecule has 4 nitrogen and oxygen atoms in total. The maximum absolute atomic E-state index is 12.9. The number of piperazine rings is 1. The van der Waals surface area contributed by atoms with E-state index < -0.39 is 0 Å². The Morgan fingerprint density at radius 2 is 2.23 bits per heavy atom. The Kier molecular flexibility index (Phi) is 2.47. The quantitative estimate of drug-likeness (QED) is 0.634. The second-order valence-electron chi connectivity index (χ2n) is 2.98. The molecule has 1 aliphatic heterocycles. The minimum Gasteiger partial charge on any atom is -0.305 e. The summed E-state index contributed by atoms with van der Waals surface area (Å²) in [7, 11) is 0. The average Bonchev–Trinajstić information content (AvgIpc) is 2.19. The van der Waals surface area contributed by atoms with Gasteiger partial charge < -0.3 is 5.32 Å². The van der Waals surface area contributed by atoms with E-state index in [4.69, 9.17) is 0 Å². The zero-order chi connectivity index (χ0) is 9.10. The van der Waals surface area contributed by atoms with Crippen LogP contribution >= 0.6 is 0 Å². The average molecular weight is 182 g/mol. The van der Waals surface area contributed by atoms with E-state index in [-0.39, 0.29) is 6.04 Å². The molecule has 1 atom stereocenters. The number of nitrogens with zero attached hydrogens (tertiary/aromatic N) is 3. The van der Waals surface area contributed by atoms with Crippen molar-refractivity contribution >= 4 is 0 Å². The summed E-state index contributed by atoms with van der Waals surface area (Å²) < 4.78 is 12.9. The normalized spacial score (nSPS) is 24.5. The van der Waals surface area contributed by atoms with Gasteiger partial charge in [-0.2, -0.15) is 0 Å². The van der Waals surface area contributed by atoms with Gasteiger partial charge in [0, 0.05) is 25.5 Å². The third-order valence-electron chi connectivity index (χ3n) is 2.02. The maximum atomic E-state index is 12.9. The largest absolute Gasteiger partial charge is 0.305 e. The summed E-state index contributed by atoms with van der Waals surface area (Å²) in [5, 5.41) is 3.95. The van der Waals surface area contributed by atoms with Gasteiger partial charge in [-0.25, -0.2) is 9.97 Å². The zero-order valence-corrected chi connectivity index (χ0v) is 7.15. The molecule has 1 aromatic rings. The lowest BCUT2D eigenvalue weighted by Crippen LogP contribution is -2.42. The van der Waals surface area contributed by atoms with Crippen LogP contribution in [0.1, 0.15) is 11.9 Å². The molecule has 0 aromatic carbocycles. The van der Waals surface area contributed by atoms with Crippen molar-refractivity contribution in [1.82, 2.24) is 20.4 Å². The predicted octanol–water partition coefficient (Wildman–Crippen LogP) is 0.307. The van der Waals surface area contributed by atoms with Gasteiger partial charge in [0.05, 0.1) is 12.6 Å². The minimum absolute atomic E-state index is 0.0834. The molecule has 1 aromatic heterocycles. The van der Waals surface area contributed by atoms with E-state index in [9.17, 15) is 4.48 Å². The van der Waals surface area contributed by atoms with Crippen molar-refractivity contribution in [3.63, 3.8) is 0 Å². The van der Waals surface area contributed by atoms with E-state index in [2.05, 4.69) is 15.3 Å². The molecule has 70 valence electrons. The van der Waals surface area contributed by atoms with Crippen molar-refractivity contribution in [1.29, 1.82) is 0 Å². The second kappa shape index (κ2) is 3.76. The molecule has 0 radical (unpaired) electrons. The van der Waals surface area contributed by atoms with Crippen LogP contribution in [0.5, 0.6) is 0 Å². The summed E-state index contributed by atoms with van der Waals surface area (Å²) in [6, 6.07) is 1.67. The fourth-order valence-electron chi connectivity index (χ4n) is 1.38. The molecule has 0 spiro atoms. The molecule has 5 heteroatoms. The first-order valence-corrected chi connectivity index (χ1v) is 4.27. The Balaban J connectivity index is 2.08. The van der Waals surface area contributed by atoms with Gasteiger partial charge in [0.2, 0.25) is 0 Å². The topological polar surface area (TPSA) is 41.0 Å². The summed E-state index contributed by atoms with van der Waals surface area (Å²) in [4.78, 5) is 8.14. The lowest BCUT2D eigenvalue weighted by Gasteiger charge is -2.26. The van der Waals surface area contributed by atoms with Gasteiger partial charge in [0.15, 0.2) is 0 Å². The number of halogens is 1. The zero-order valence-electron chi connectivity index (χ0n) is 7.15. The molecular formula is C8H11FN4. The molecule has 1 fully saturated rings. The third kappa shape index (κ3) is 1.99. The van der Waals surface area contributed by atoms with Crippen molar-refractivity contribution in [2.24, 2.45) is 0 Å². The molecule has 13 heavy (non-hydrogen) atoms. The molecule has 0 bridgehead atoms. The van der Waals surface area contributed by atoms with Crippen LogP contribution < -0.4 is 5.32 Å². The van der Waals surface area contributed by atoms with Crippen LogP contribution in [0.3, 0.4) is 0 Å². The predicted molar refractivity (Wildman–Crippen MR) is 45.5 cm³/mol. The first kappa shape index (κ1) is 8.52. The summed E-state index contributed by atoms with van der Waals surface area (Å²) >= 11 is 0. The van der Waals surface area contributed by atoms with Crippen LogP contribution in [0.4, 0.5) is 4.48 Å². The fraction of sp³-hybridized carbons (Fsp3) is 0.500. The van der Waals surface area contributed by atoms with Gasteiger partial charge >= 0.3 is 0 Å². The number of rotatable bonds is 1. The molecule has 1 aliphatic rings. The minimum atomic E-state index is -0.0834. The van der Waals surface area contributed by atoms with Crippen LogP contribution in [0, 0.1) is 0 Å². The number of nitrogens with one attached hydrogen (secondary N) is 1. The van der Waals surface area contributed by atoms with Gasteiger partial charge in [0.1, 0.15) is 5.82 Å². The van der Waals surface area contributed by atoms with Crippen LogP contribution in [-0.2, 0) is 0 Å². The highest BCUT2D eigenvalue weighted by molar-refractivity contribution is 4.97. The van der Waals surface area contributed by atoms with E-state index in [0.717, 1.165) is 5.12 Å². The van der Waals surface area contributed by atoms with Crippen molar-refractivity contribution in [3.8, 4) is 0 Å². The standard InChI is InChI=1S/C8H11FN4/c9-13-5-4-10-7(6-13)8-11-2-1-3-12-8/h1-3,7,10H,4-6H2. The first-order valence-electron chi connectivity index (χ1n) is 4.27. The molecule has 2 heterocycles. The first-order chi connectivity index (χ1) is 6.36. The lowest BCUT2D eigenvalue weighted by atomic mass is 10.2. The molecule has 0 amide bonds. The third-order valence-corrected chi connectivity index (χ3v) is 2.02. The Hall–Kier alpha value is -1.07. The molecule has 1 unspecified atom stereocenters. The summed E-state index contributed by atoms with van der Waals surface area (Å²) in [5.41, 5.74) is 0. The highest BCUT2D eigenvalue weighted by Gasteiger charge is 2.21. The Labute approximate surface area is 75.7 Å². The molecule has 1 saturated heterocycles. The maximum Gasteiger partial charge on any atom is 0.146 e. The van der Waals surface area contributed by atoms with E-state index in [1.165, 1.54) is 0 Å². The molecule has 2 rings (SSSR count). The van der Waals surface area contributed by atoms with Crippen molar-refractivity contribution in [3.05, 3.63) is 24.3 Å². The summed E-state index contributed by atoms with van der Waals surface area (Å²) in [6.07, 6.45) is 3.34. The van der Waals surface area contributed by atoms with Crippen LogP contribution in [-0.4, -0.2) is 34.7 Å². The number of hydrogen-bond acceptors (Lipinski definition) is 4. The highest BCUT2D eigenvalue weighted by atomic mass is 19.2. The second-order valence-corrected chi connectivity index (χ2v) is 2.98. The van der Waals surface area contributed by atoms with Gasteiger partial charge in [-0.05, 0) is 6.07 Å². The van der Waals surface area contributed by atoms with Crippen molar-refractivity contribution in [2.45, 2.75) is 6.04 Å². The molecule has 0 saturated carbocycles.